The van der Waals surface area contributed by atoms with Crippen molar-refractivity contribution in [3.8, 4) is 5.69 Å². The van der Waals surface area contributed by atoms with E-state index < -0.39 is 137 Å². The molecule has 23 heteroatoms. The number of esters is 2. The standard InChI is InChI=1S/C52H78F2N6O15/c1-15-36-52(10)40(39(48(66)74-52)46(55)58-75-37(61)17-16-33-24-56-60(57-33)34-20-31(53)19-32(54)21-34)27(4)41(62)25(2)22-51(9,68-14)45(73-49-42(63)35(59(11)12)18-26(3)69-49)28(5)43(29(6)47(65)71-36)72-38-23-50(8,67-13)44(64)30(7)70-38/h19-21,24-30,35-36,38-40,42-45,49,63-64H,15-18,22-23H2,1-14H3,(H2,55,58)/t25-,26?,27-,28+,29-,30?,35?,36-,38?,39?,40?,42?,43+,44?,45-,49?,50?,51+,52-/m1/s1. The van der Waals surface area contributed by atoms with E-state index in [0.29, 0.717) is 12.5 Å². The lowest BCUT2D eigenvalue weighted by atomic mass is 9.67. The number of benzene rings is 1. The molecule has 0 saturated carbocycles. The number of nitrogens with zero attached hydrogens (tertiary/aromatic N) is 5. The number of halogens is 2. The van der Waals surface area contributed by atoms with Gasteiger partial charge in [-0.2, -0.15) is 15.0 Å². The molecule has 4 fully saturated rings. The second-order valence-corrected chi connectivity index (χ2v) is 21.8. The molecular weight excluding hydrogens is 987 g/mol. The van der Waals surface area contributed by atoms with Crippen molar-refractivity contribution in [3.05, 3.63) is 41.7 Å². The van der Waals surface area contributed by atoms with Gasteiger partial charge in [-0.3, -0.25) is 14.4 Å². The molecule has 1 aromatic heterocycles. The zero-order chi connectivity index (χ0) is 55.6. The average Bonchev–Trinajstić information content (AvgIpc) is 3.95. The van der Waals surface area contributed by atoms with Crippen LogP contribution in [0.3, 0.4) is 0 Å². The van der Waals surface area contributed by atoms with Crippen molar-refractivity contribution in [1.82, 2.24) is 19.9 Å². The SMILES string of the molecule is CC[C@H]1OC(=O)[C@H](C)[C@@H](OC2CC(C)(OC)C(O)C(C)O2)[C@H](C)[C@@H](OC2OC(C)CC(N(C)C)C2O)[C@@](C)(OC)C[C@@H](C)C(=O)[C@H](C)C2C(/C(N)=N\OC(=O)CCc3cnn(-c4cc(F)cc(F)c4)n3)C(=O)O[C@@]21C. The smallest absolute Gasteiger partial charge is 0.335 e. The molecule has 75 heavy (non-hydrogen) atoms. The van der Waals surface area contributed by atoms with Crippen molar-refractivity contribution >= 4 is 29.5 Å². The minimum atomic E-state index is -1.71. The third kappa shape index (κ3) is 12.7. The molecule has 19 atom stereocenters. The lowest BCUT2D eigenvalue weighted by molar-refractivity contribution is -0.319. The summed E-state index contributed by atoms with van der Waals surface area (Å²) in [7, 11) is 6.65. The summed E-state index contributed by atoms with van der Waals surface area (Å²) in [5.74, 6) is -11.5. The van der Waals surface area contributed by atoms with E-state index in [1.165, 1.54) is 20.4 Å². The highest BCUT2D eigenvalue weighted by Crippen LogP contribution is 2.49. The van der Waals surface area contributed by atoms with E-state index in [2.05, 4.69) is 15.4 Å². The largest absolute Gasteiger partial charge is 0.458 e. The predicted molar refractivity (Wildman–Crippen MR) is 263 cm³/mol. The molecule has 0 aliphatic carbocycles. The molecule has 0 spiro atoms. The van der Waals surface area contributed by atoms with Crippen molar-refractivity contribution < 1.29 is 80.9 Å². The number of amidine groups is 1. The quantitative estimate of drug-likeness (QED) is 0.0788. The number of carbonyl (C=O) groups excluding carboxylic acids is 4. The summed E-state index contributed by atoms with van der Waals surface area (Å²) < 4.78 is 78.8. The molecule has 6 rings (SSSR count). The number of aliphatic hydroxyl groups is 2. The number of fused-ring (bicyclic) bond motifs is 1. The van der Waals surface area contributed by atoms with Gasteiger partial charge in [-0.25, -0.2) is 13.6 Å². The second kappa shape index (κ2) is 24.0. The van der Waals surface area contributed by atoms with Gasteiger partial charge in [0.25, 0.3) is 0 Å². The molecule has 21 nitrogen and oxygen atoms in total. The van der Waals surface area contributed by atoms with Crippen LogP contribution in [0, 0.1) is 47.1 Å². The number of aromatic nitrogens is 3. The first kappa shape index (κ1) is 59.7. The first-order valence-electron chi connectivity index (χ1n) is 25.7. The number of aryl methyl sites for hydroxylation is 1. The van der Waals surface area contributed by atoms with Gasteiger partial charge in [-0.1, -0.05) is 32.9 Å². The number of nitrogens with two attached hydrogens (primary N) is 1. The van der Waals surface area contributed by atoms with Crippen molar-refractivity contribution in [2.24, 2.45) is 46.4 Å². The molecule has 1 aromatic carbocycles. The van der Waals surface area contributed by atoms with Crippen LogP contribution in [0.4, 0.5) is 8.78 Å². The fraction of sp³-hybridized carbons (Fsp3) is 0.750. The topological polar surface area (TPSA) is 264 Å². The lowest BCUT2D eigenvalue weighted by Crippen LogP contribution is -2.61. The third-order valence-electron chi connectivity index (χ3n) is 16.1. The van der Waals surface area contributed by atoms with E-state index in [0.717, 1.165) is 16.9 Å². The highest BCUT2D eigenvalue weighted by Gasteiger charge is 2.63. The van der Waals surface area contributed by atoms with Crippen LogP contribution >= 0.6 is 0 Å². The molecule has 0 radical (unpaired) electrons. The fourth-order valence-corrected chi connectivity index (χ4v) is 11.7. The number of hydrogen-bond acceptors (Lipinski definition) is 19. The van der Waals surface area contributed by atoms with E-state index in [1.807, 2.05) is 32.8 Å². The van der Waals surface area contributed by atoms with Gasteiger partial charge in [0.2, 0.25) is 0 Å². The van der Waals surface area contributed by atoms with Gasteiger partial charge < -0.3 is 63.6 Å². The number of oxime groups is 1. The maximum absolute atomic E-state index is 15.1. The first-order chi connectivity index (χ1) is 35.1. The van der Waals surface area contributed by atoms with Crippen LogP contribution in [0.1, 0.15) is 107 Å². The van der Waals surface area contributed by atoms with Crippen LogP contribution in [0.15, 0.2) is 29.6 Å². The van der Waals surface area contributed by atoms with Crippen molar-refractivity contribution in [3.63, 3.8) is 0 Å². The normalized spacial score (nSPS) is 39.4. The number of Topliss-reactive ketones (excluding diaryl/α,β-unsaturated/α-hetero) is 1. The van der Waals surface area contributed by atoms with Gasteiger partial charge in [0.1, 0.15) is 41.6 Å². The van der Waals surface area contributed by atoms with Gasteiger partial charge in [0.05, 0.1) is 65.5 Å². The molecule has 4 aliphatic rings. The zero-order valence-corrected chi connectivity index (χ0v) is 45.6. The van der Waals surface area contributed by atoms with Crippen LogP contribution in [-0.4, -0.2) is 166 Å². The minimum Gasteiger partial charge on any atom is -0.458 e. The Hall–Kier alpha value is -4.59. The maximum Gasteiger partial charge on any atom is 0.335 e. The number of likely N-dealkylation sites (N-methyl/N-ethyl adjacent to an activating group) is 1. The van der Waals surface area contributed by atoms with Crippen LogP contribution in [0.5, 0.6) is 0 Å². The summed E-state index contributed by atoms with van der Waals surface area (Å²) in [4.78, 5) is 65.5. The zero-order valence-electron chi connectivity index (χ0n) is 45.6. The van der Waals surface area contributed by atoms with Gasteiger partial charge in [-0.05, 0) is 74.9 Å². The number of ketones is 1. The van der Waals surface area contributed by atoms with Crippen molar-refractivity contribution in [2.75, 3.05) is 28.3 Å². The fourth-order valence-electron chi connectivity index (χ4n) is 11.7. The molecule has 4 saturated heterocycles. The van der Waals surface area contributed by atoms with Gasteiger partial charge in [0, 0.05) is 75.0 Å². The number of ether oxygens (including phenoxy) is 8. The van der Waals surface area contributed by atoms with E-state index in [-0.39, 0.29) is 61.4 Å². The molecule has 4 N–H and O–H groups in total. The molecule has 420 valence electrons. The number of methoxy groups -OCH3 is 2. The molecule has 10 unspecified atom stereocenters. The summed E-state index contributed by atoms with van der Waals surface area (Å²) in [5.41, 5.74) is 2.65. The molecule has 0 bridgehead atoms. The highest BCUT2D eigenvalue weighted by atomic mass is 19.1. The summed E-state index contributed by atoms with van der Waals surface area (Å²) >= 11 is 0. The van der Waals surface area contributed by atoms with E-state index >= 15 is 4.79 Å². The predicted octanol–water partition coefficient (Wildman–Crippen LogP) is 4.18. The van der Waals surface area contributed by atoms with Crippen LogP contribution < -0.4 is 5.73 Å². The number of hydrogen-bond donors (Lipinski definition) is 3. The summed E-state index contributed by atoms with van der Waals surface area (Å²) in [6.45, 7) is 17.1. The number of rotatable bonds is 14. The monoisotopic (exact) mass is 1060 g/mol. The van der Waals surface area contributed by atoms with Gasteiger partial charge in [-0.15, -0.1) is 0 Å². The Morgan fingerprint density at radius 2 is 1.59 bits per heavy atom. The van der Waals surface area contributed by atoms with Crippen LogP contribution in [0.25, 0.3) is 5.69 Å². The Morgan fingerprint density at radius 1 is 0.933 bits per heavy atom. The maximum atomic E-state index is 15.1. The summed E-state index contributed by atoms with van der Waals surface area (Å²) in [6.07, 6.45) is -7.23. The van der Waals surface area contributed by atoms with Gasteiger partial charge in [0.15, 0.2) is 24.0 Å². The Bertz CT molecular complexity index is 2360. The summed E-state index contributed by atoms with van der Waals surface area (Å²) in [6, 6.07) is 2.43. The summed E-state index contributed by atoms with van der Waals surface area (Å²) in [5, 5.41) is 35.0. The average molecular weight is 1070 g/mol. The van der Waals surface area contributed by atoms with E-state index in [9.17, 15) is 33.4 Å². The van der Waals surface area contributed by atoms with Gasteiger partial charge >= 0.3 is 17.9 Å². The Morgan fingerprint density at radius 3 is 2.20 bits per heavy atom. The van der Waals surface area contributed by atoms with E-state index in [4.69, 9.17) is 48.5 Å². The third-order valence-corrected chi connectivity index (χ3v) is 16.1. The minimum absolute atomic E-state index is 0.00177. The first-order valence-corrected chi connectivity index (χ1v) is 25.7. The van der Waals surface area contributed by atoms with E-state index in [1.54, 1.807) is 55.4 Å². The van der Waals surface area contributed by atoms with Crippen molar-refractivity contribution in [1.29, 1.82) is 0 Å². The molecule has 5 heterocycles. The second-order valence-electron chi connectivity index (χ2n) is 21.8. The Labute approximate surface area is 437 Å². The van der Waals surface area contributed by atoms with Crippen molar-refractivity contribution in [2.45, 2.75) is 186 Å². The number of carbonyl (C=O) groups is 4. The van der Waals surface area contributed by atoms with Crippen LogP contribution in [0.2, 0.25) is 0 Å². The van der Waals surface area contributed by atoms with Crippen LogP contribution in [-0.2, 0) is 68.3 Å². The Kier molecular flexibility index (Phi) is 19.1. The Balaban J connectivity index is 1.36. The number of cyclic esters (lactones) is 1. The number of aliphatic hydroxyl groups excluding tert-OH is 2. The molecule has 4 aliphatic heterocycles. The highest BCUT2D eigenvalue weighted by molar-refractivity contribution is 6.03. The molecular formula is C52H78F2N6O15. The molecule has 2 aromatic rings. The lowest BCUT2D eigenvalue weighted by Gasteiger charge is -2.50. The molecule has 0 amide bonds.